The number of thiazole rings is 1. The highest BCUT2D eigenvalue weighted by Crippen LogP contribution is 2.29. The van der Waals surface area contributed by atoms with Crippen LogP contribution in [0.3, 0.4) is 0 Å². The van der Waals surface area contributed by atoms with Crippen LogP contribution in [0.5, 0.6) is 0 Å². The quantitative estimate of drug-likeness (QED) is 0.348. The first-order valence-electron chi connectivity index (χ1n) is 8.72. The van der Waals surface area contributed by atoms with Gasteiger partial charge in [0, 0.05) is 37.9 Å². The summed E-state index contributed by atoms with van der Waals surface area (Å²) in [6.45, 7) is 0. The maximum atomic E-state index is 12.4. The van der Waals surface area contributed by atoms with Gasteiger partial charge in [0.2, 0.25) is 0 Å². The molecule has 0 aliphatic carbocycles. The Morgan fingerprint density at radius 3 is 2.38 bits per heavy atom. The number of aromatic nitrogens is 1. The second-order valence-electron chi connectivity index (χ2n) is 6.22. The Bertz CT molecular complexity index is 1180. The standard InChI is InChI=1S/C22H15Cl2N3OS/c23-16-6-1-5-15(10-16)21(28)25-18-8-2-4-14(11-18)20-13-29-22(27-20)26-19-9-3-7-17(24)12-19/h1-13H,(H,25,28)(H,26,27). The number of nitrogens with zero attached hydrogens (tertiary/aromatic N) is 1. The van der Waals surface area contributed by atoms with Crippen molar-refractivity contribution in [2.75, 3.05) is 10.6 Å². The maximum absolute atomic E-state index is 12.4. The molecule has 4 nitrogen and oxygen atoms in total. The Morgan fingerprint density at radius 1 is 0.862 bits per heavy atom. The van der Waals surface area contributed by atoms with Gasteiger partial charge in [-0.05, 0) is 48.5 Å². The fourth-order valence-corrected chi connectivity index (χ4v) is 3.86. The lowest BCUT2D eigenvalue weighted by molar-refractivity contribution is 0.102. The topological polar surface area (TPSA) is 54.0 Å². The molecule has 0 saturated heterocycles. The van der Waals surface area contributed by atoms with Gasteiger partial charge in [0.15, 0.2) is 5.13 Å². The SMILES string of the molecule is O=C(Nc1cccc(-c2csc(Nc3cccc(Cl)c3)n2)c1)c1cccc(Cl)c1. The van der Waals surface area contributed by atoms with Crippen LogP contribution in [0.1, 0.15) is 10.4 Å². The molecular weight excluding hydrogens is 425 g/mol. The zero-order valence-electron chi connectivity index (χ0n) is 15.0. The fraction of sp³-hybridized carbons (Fsp3) is 0. The van der Waals surface area contributed by atoms with Crippen LogP contribution < -0.4 is 10.6 Å². The fourth-order valence-electron chi connectivity index (χ4n) is 2.74. The molecule has 0 fully saturated rings. The number of rotatable bonds is 5. The molecule has 0 atom stereocenters. The molecule has 1 heterocycles. The van der Waals surface area contributed by atoms with Gasteiger partial charge in [0.1, 0.15) is 0 Å². The van der Waals surface area contributed by atoms with Gasteiger partial charge in [-0.1, -0.05) is 47.5 Å². The Morgan fingerprint density at radius 2 is 1.59 bits per heavy atom. The highest BCUT2D eigenvalue weighted by molar-refractivity contribution is 7.14. The third kappa shape index (κ3) is 4.95. The Balaban J connectivity index is 1.50. The predicted octanol–water partition coefficient (Wildman–Crippen LogP) is 7.11. The molecule has 0 unspecified atom stereocenters. The van der Waals surface area contributed by atoms with E-state index in [-0.39, 0.29) is 5.91 Å². The van der Waals surface area contributed by atoms with Gasteiger partial charge in [0.05, 0.1) is 5.69 Å². The van der Waals surface area contributed by atoms with E-state index in [1.165, 1.54) is 11.3 Å². The summed E-state index contributed by atoms with van der Waals surface area (Å²) in [6, 6.07) is 21.9. The molecule has 1 amide bonds. The molecule has 0 aliphatic rings. The third-order valence-electron chi connectivity index (χ3n) is 4.08. The van der Waals surface area contributed by atoms with Gasteiger partial charge >= 0.3 is 0 Å². The molecule has 2 N–H and O–H groups in total. The minimum Gasteiger partial charge on any atom is -0.331 e. The Kier molecular flexibility index (Phi) is 5.81. The Hall–Kier alpha value is -2.86. The number of anilines is 3. The number of carbonyl (C=O) groups is 1. The van der Waals surface area contributed by atoms with Gasteiger partial charge in [-0.15, -0.1) is 11.3 Å². The van der Waals surface area contributed by atoms with Crippen molar-refractivity contribution in [2.24, 2.45) is 0 Å². The summed E-state index contributed by atoms with van der Waals surface area (Å²) in [6.07, 6.45) is 0. The zero-order valence-corrected chi connectivity index (χ0v) is 17.4. The van der Waals surface area contributed by atoms with Crippen molar-refractivity contribution in [3.05, 3.63) is 93.8 Å². The van der Waals surface area contributed by atoms with Crippen LogP contribution in [0.15, 0.2) is 78.2 Å². The van der Waals surface area contributed by atoms with Crippen molar-refractivity contribution in [3.63, 3.8) is 0 Å². The van der Waals surface area contributed by atoms with Crippen molar-refractivity contribution in [1.29, 1.82) is 0 Å². The van der Waals surface area contributed by atoms with E-state index in [9.17, 15) is 4.79 Å². The van der Waals surface area contributed by atoms with Gasteiger partial charge in [-0.2, -0.15) is 0 Å². The van der Waals surface area contributed by atoms with Crippen molar-refractivity contribution < 1.29 is 4.79 Å². The van der Waals surface area contributed by atoms with Gasteiger partial charge in [-0.3, -0.25) is 4.79 Å². The summed E-state index contributed by atoms with van der Waals surface area (Å²) in [5, 5.41) is 10.1. The molecule has 0 aliphatic heterocycles. The molecule has 29 heavy (non-hydrogen) atoms. The molecule has 3 aromatic carbocycles. The van der Waals surface area contributed by atoms with Gasteiger partial charge < -0.3 is 10.6 Å². The summed E-state index contributed by atoms with van der Waals surface area (Å²) in [5.74, 6) is -0.216. The number of hydrogen-bond acceptors (Lipinski definition) is 4. The maximum Gasteiger partial charge on any atom is 0.255 e. The summed E-state index contributed by atoms with van der Waals surface area (Å²) >= 11 is 13.5. The second-order valence-corrected chi connectivity index (χ2v) is 7.95. The lowest BCUT2D eigenvalue weighted by Gasteiger charge is -2.07. The van der Waals surface area contributed by atoms with Crippen LogP contribution in [-0.2, 0) is 0 Å². The van der Waals surface area contributed by atoms with Gasteiger partial charge in [-0.25, -0.2) is 4.98 Å². The molecular formula is C22H15Cl2N3OS. The Labute approximate surface area is 182 Å². The van der Waals surface area contributed by atoms with Gasteiger partial charge in [0.25, 0.3) is 5.91 Å². The van der Waals surface area contributed by atoms with Crippen molar-refractivity contribution in [3.8, 4) is 11.3 Å². The summed E-state index contributed by atoms with van der Waals surface area (Å²) in [5.41, 5.74) is 3.79. The summed E-state index contributed by atoms with van der Waals surface area (Å²) < 4.78 is 0. The monoisotopic (exact) mass is 439 g/mol. The molecule has 0 radical (unpaired) electrons. The molecule has 144 valence electrons. The van der Waals surface area contributed by atoms with Crippen LogP contribution in [0.25, 0.3) is 11.3 Å². The normalized spacial score (nSPS) is 10.6. The lowest BCUT2D eigenvalue weighted by Crippen LogP contribution is -2.11. The number of nitrogens with one attached hydrogen (secondary N) is 2. The lowest BCUT2D eigenvalue weighted by atomic mass is 10.1. The summed E-state index contributed by atoms with van der Waals surface area (Å²) in [7, 11) is 0. The van der Waals surface area contributed by atoms with E-state index >= 15 is 0 Å². The first-order valence-corrected chi connectivity index (χ1v) is 10.4. The van der Waals surface area contributed by atoms with E-state index in [0.29, 0.717) is 21.3 Å². The van der Waals surface area contributed by atoms with E-state index in [1.807, 2.05) is 53.9 Å². The van der Waals surface area contributed by atoms with Crippen molar-refractivity contribution >= 4 is 57.0 Å². The highest BCUT2D eigenvalue weighted by Gasteiger charge is 2.09. The number of halogens is 2. The van der Waals surface area contributed by atoms with Crippen molar-refractivity contribution in [2.45, 2.75) is 0 Å². The minimum atomic E-state index is -0.216. The van der Waals surface area contributed by atoms with Crippen LogP contribution in [-0.4, -0.2) is 10.9 Å². The van der Waals surface area contributed by atoms with Crippen molar-refractivity contribution in [1.82, 2.24) is 4.98 Å². The molecule has 7 heteroatoms. The molecule has 4 aromatic rings. The highest BCUT2D eigenvalue weighted by atomic mass is 35.5. The molecule has 0 saturated carbocycles. The van der Waals surface area contributed by atoms with Crippen LogP contribution in [0.4, 0.5) is 16.5 Å². The van der Waals surface area contributed by atoms with E-state index in [1.54, 1.807) is 24.3 Å². The molecule has 0 bridgehead atoms. The van der Waals surface area contributed by atoms with E-state index < -0.39 is 0 Å². The number of carbonyl (C=O) groups excluding carboxylic acids is 1. The van der Waals surface area contributed by atoms with Crippen LogP contribution in [0, 0.1) is 0 Å². The second kappa shape index (κ2) is 8.66. The van der Waals surface area contributed by atoms with E-state index in [2.05, 4.69) is 15.6 Å². The first-order chi connectivity index (χ1) is 14.1. The first kappa shape index (κ1) is 19.5. The minimum absolute atomic E-state index is 0.216. The molecule has 4 rings (SSSR count). The zero-order chi connectivity index (χ0) is 20.2. The smallest absolute Gasteiger partial charge is 0.255 e. The largest absolute Gasteiger partial charge is 0.331 e. The third-order valence-corrected chi connectivity index (χ3v) is 5.31. The van der Waals surface area contributed by atoms with Crippen LogP contribution >= 0.6 is 34.5 Å². The molecule has 0 spiro atoms. The number of amides is 1. The van der Waals surface area contributed by atoms with Crippen LogP contribution in [0.2, 0.25) is 10.0 Å². The number of benzene rings is 3. The summed E-state index contributed by atoms with van der Waals surface area (Å²) in [4.78, 5) is 17.1. The average molecular weight is 440 g/mol. The van der Waals surface area contributed by atoms with E-state index in [0.717, 1.165) is 22.1 Å². The molecule has 1 aromatic heterocycles. The predicted molar refractivity (Wildman–Crippen MR) is 122 cm³/mol. The number of hydrogen-bond donors (Lipinski definition) is 2. The van der Waals surface area contributed by atoms with E-state index in [4.69, 9.17) is 23.2 Å². The average Bonchev–Trinajstić information content (AvgIpc) is 3.17.